The average molecular weight is 377 g/mol. The number of likely N-dealkylation sites (tertiary alicyclic amines) is 1. The number of piperidine rings is 1. The third-order valence-corrected chi connectivity index (χ3v) is 7.25. The highest BCUT2D eigenvalue weighted by Gasteiger charge is 2.32. The molecule has 144 valence electrons. The fourth-order valence-corrected chi connectivity index (χ4v) is 5.36. The molecule has 0 aromatic carbocycles. The van der Waals surface area contributed by atoms with E-state index in [0.717, 1.165) is 30.6 Å². The van der Waals surface area contributed by atoms with Crippen LogP contribution in [0.2, 0.25) is 0 Å². The summed E-state index contributed by atoms with van der Waals surface area (Å²) in [4.78, 5) is 29.1. The van der Waals surface area contributed by atoms with Crippen molar-refractivity contribution in [1.82, 2.24) is 10.2 Å². The lowest BCUT2D eigenvalue weighted by Gasteiger charge is -2.33. The van der Waals surface area contributed by atoms with E-state index < -0.39 is 0 Å². The van der Waals surface area contributed by atoms with Gasteiger partial charge >= 0.3 is 0 Å². The van der Waals surface area contributed by atoms with Crippen LogP contribution >= 0.6 is 11.3 Å². The topological polar surface area (TPSA) is 49.4 Å². The molecule has 2 heterocycles. The van der Waals surface area contributed by atoms with Gasteiger partial charge in [-0.15, -0.1) is 11.3 Å². The normalized spacial score (nSPS) is 21.4. The van der Waals surface area contributed by atoms with Crippen LogP contribution in [0.1, 0.15) is 67.1 Å². The highest BCUT2D eigenvalue weighted by atomic mass is 32.1. The zero-order valence-electron chi connectivity index (χ0n) is 16.6. The van der Waals surface area contributed by atoms with E-state index in [-0.39, 0.29) is 17.7 Å². The molecule has 26 heavy (non-hydrogen) atoms. The lowest BCUT2D eigenvalue weighted by atomic mass is 9.72. The Labute approximate surface area is 161 Å². The van der Waals surface area contributed by atoms with E-state index in [1.54, 1.807) is 11.3 Å². The minimum atomic E-state index is 0.0584. The van der Waals surface area contributed by atoms with Gasteiger partial charge in [0.05, 0.1) is 4.88 Å². The summed E-state index contributed by atoms with van der Waals surface area (Å²) in [5.41, 5.74) is 1.71. The number of carbonyl (C=O) groups excluding carboxylic acids is 2. The Bertz CT molecular complexity index is 666. The molecule has 1 saturated heterocycles. The largest absolute Gasteiger partial charge is 0.356 e. The van der Waals surface area contributed by atoms with E-state index in [1.807, 2.05) is 11.8 Å². The van der Waals surface area contributed by atoms with Crippen LogP contribution in [0.25, 0.3) is 0 Å². The number of carbonyl (C=O) groups is 2. The van der Waals surface area contributed by atoms with Crippen molar-refractivity contribution in [1.29, 1.82) is 0 Å². The van der Waals surface area contributed by atoms with Gasteiger partial charge in [0, 0.05) is 30.4 Å². The molecule has 0 saturated carbocycles. The molecule has 3 rings (SSSR count). The van der Waals surface area contributed by atoms with Crippen molar-refractivity contribution in [2.75, 3.05) is 19.6 Å². The van der Waals surface area contributed by atoms with Crippen LogP contribution in [0, 0.1) is 17.3 Å². The number of hydrogen-bond acceptors (Lipinski definition) is 3. The Kier molecular flexibility index (Phi) is 5.75. The van der Waals surface area contributed by atoms with Gasteiger partial charge in [-0.1, -0.05) is 20.8 Å². The van der Waals surface area contributed by atoms with E-state index >= 15 is 0 Å². The first-order valence-electron chi connectivity index (χ1n) is 9.98. The highest BCUT2D eigenvalue weighted by Crippen LogP contribution is 2.40. The van der Waals surface area contributed by atoms with Gasteiger partial charge in [0.25, 0.3) is 5.91 Å². The Morgan fingerprint density at radius 2 is 1.92 bits per heavy atom. The van der Waals surface area contributed by atoms with E-state index in [1.165, 1.54) is 16.9 Å². The molecule has 0 radical (unpaired) electrons. The van der Waals surface area contributed by atoms with Crippen molar-refractivity contribution in [2.24, 2.45) is 17.3 Å². The predicted molar refractivity (Wildman–Crippen MR) is 107 cm³/mol. The lowest BCUT2D eigenvalue weighted by molar-refractivity contribution is -0.126. The van der Waals surface area contributed by atoms with Crippen LogP contribution in [0.15, 0.2) is 6.07 Å². The second-order valence-electron chi connectivity index (χ2n) is 8.83. The number of amides is 2. The second-order valence-corrected chi connectivity index (χ2v) is 9.96. The summed E-state index contributed by atoms with van der Waals surface area (Å²) in [5, 5.41) is 2.90. The van der Waals surface area contributed by atoms with Crippen LogP contribution in [-0.2, 0) is 17.6 Å². The van der Waals surface area contributed by atoms with Gasteiger partial charge < -0.3 is 10.2 Å². The number of thiophene rings is 1. The van der Waals surface area contributed by atoms with Crippen LogP contribution < -0.4 is 5.32 Å². The summed E-state index contributed by atoms with van der Waals surface area (Å²) in [6.07, 6.45) is 4.97. The third kappa shape index (κ3) is 4.13. The van der Waals surface area contributed by atoms with Crippen molar-refractivity contribution in [3.8, 4) is 0 Å². The Balaban J connectivity index is 1.62. The predicted octanol–water partition coefficient (Wildman–Crippen LogP) is 3.89. The summed E-state index contributed by atoms with van der Waals surface area (Å²) in [6.45, 7) is 11.0. The fraction of sp³-hybridized carbons (Fsp3) is 0.714. The van der Waals surface area contributed by atoms with Gasteiger partial charge in [-0.25, -0.2) is 0 Å². The molecular weight excluding hydrogens is 344 g/mol. The third-order valence-electron chi connectivity index (χ3n) is 6.02. The molecule has 0 bridgehead atoms. The molecule has 1 aliphatic carbocycles. The summed E-state index contributed by atoms with van der Waals surface area (Å²) >= 11 is 1.69. The van der Waals surface area contributed by atoms with Crippen LogP contribution in [-0.4, -0.2) is 36.3 Å². The molecule has 1 aliphatic heterocycles. The van der Waals surface area contributed by atoms with Crippen LogP contribution in [0.5, 0.6) is 0 Å². The molecule has 2 aliphatic rings. The molecule has 5 heteroatoms. The second kappa shape index (κ2) is 7.71. The number of aryl methyl sites for hydroxylation is 1. The van der Waals surface area contributed by atoms with Crippen molar-refractivity contribution in [2.45, 2.75) is 59.8 Å². The van der Waals surface area contributed by atoms with Gasteiger partial charge in [0.15, 0.2) is 0 Å². The number of rotatable bonds is 3. The monoisotopic (exact) mass is 376 g/mol. The Hall–Kier alpha value is -1.36. The molecule has 1 N–H and O–H groups in total. The lowest BCUT2D eigenvalue weighted by Crippen LogP contribution is -2.42. The summed E-state index contributed by atoms with van der Waals surface area (Å²) in [7, 11) is 0. The van der Waals surface area contributed by atoms with E-state index in [2.05, 4.69) is 32.2 Å². The number of hydrogen-bond donors (Lipinski definition) is 1. The van der Waals surface area contributed by atoms with Crippen molar-refractivity contribution >= 4 is 23.2 Å². The van der Waals surface area contributed by atoms with Crippen molar-refractivity contribution in [3.63, 3.8) is 0 Å². The maximum Gasteiger partial charge on any atom is 0.263 e. The number of fused-ring (bicyclic) bond motifs is 1. The van der Waals surface area contributed by atoms with Crippen molar-refractivity contribution in [3.05, 3.63) is 21.4 Å². The zero-order chi connectivity index (χ0) is 18.9. The fourth-order valence-electron chi connectivity index (χ4n) is 4.19. The van der Waals surface area contributed by atoms with Crippen LogP contribution in [0.4, 0.5) is 0 Å². The van der Waals surface area contributed by atoms with Gasteiger partial charge in [-0.2, -0.15) is 0 Å². The minimum absolute atomic E-state index is 0.0584. The molecule has 4 nitrogen and oxygen atoms in total. The summed E-state index contributed by atoms with van der Waals surface area (Å²) < 4.78 is 0. The summed E-state index contributed by atoms with van der Waals surface area (Å²) in [6, 6.07) is 2.15. The van der Waals surface area contributed by atoms with Gasteiger partial charge in [-0.3, -0.25) is 9.59 Å². The zero-order valence-corrected chi connectivity index (χ0v) is 17.4. The average Bonchev–Trinajstić information content (AvgIpc) is 3.04. The Morgan fingerprint density at radius 3 is 2.54 bits per heavy atom. The molecule has 1 fully saturated rings. The molecule has 1 atom stereocenters. The van der Waals surface area contributed by atoms with E-state index in [0.29, 0.717) is 31.0 Å². The maximum absolute atomic E-state index is 12.9. The smallest absolute Gasteiger partial charge is 0.263 e. The first kappa shape index (κ1) is 19.4. The Morgan fingerprint density at radius 1 is 1.23 bits per heavy atom. The van der Waals surface area contributed by atoms with Crippen LogP contribution in [0.3, 0.4) is 0 Å². The quantitative estimate of drug-likeness (QED) is 0.870. The standard InChI is InChI=1S/C21H32N2O2S/c1-5-22-19(24)14-8-10-23(11-9-14)20(25)18-13-15-12-16(21(2,3)4)6-7-17(15)26-18/h13-14,16H,5-12H2,1-4H3,(H,22,24). The minimum Gasteiger partial charge on any atom is -0.356 e. The molecular formula is C21H32N2O2S. The molecule has 1 aromatic rings. The first-order chi connectivity index (χ1) is 12.3. The number of nitrogens with zero attached hydrogens (tertiary/aromatic N) is 1. The molecule has 1 aromatic heterocycles. The van der Waals surface area contributed by atoms with E-state index in [9.17, 15) is 9.59 Å². The molecule has 2 amide bonds. The SMILES string of the molecule is CCNC(=O)C1CCN(C(=O)c2cc3c(s2)CCC(C(C)(C)C)C3)CC1. The van der Waals surface area contributed by atoms with Gasteiger partial charge in [0.1, 0.15) is 0 Å². The summed E-state index contributed by atoms with van der Waals surface area (Å²) in [5.74, 6) is 1.05. The highest BCUT2D eigenvalue weighted by molar-refractivity contribution is 7.14. The first-order valence-corrected chi connectivity index (χ1v) is 10.8. The molecule has 1 unspecified atom stereocenters. The van der Waals surface area contributed by atoms with Gasteiger partial charge in [0.2, 0.25) is 5.91 Å². The maximum atomic E-state index is 12.9. The number of nitrogens with one attached hydrogen (secondary N) is 1. The van der Waals surface area contributed by atoms with E-state index in [4.69, 9.17) is 0 Å². The molecule has 0 spiro atoms. The van der Waals surface area contributed by atoms with Crippen molar-refractivity contribution < 1.29 is 9.59 Å². The van der Waals surface area contributed by atoms with Gasteiger partial charge in [-0.05, 0) is 62.0 Å².